The fourth-order valence-electron chi connectivity index (χ4n) is 3.13. The molecule has 6 heteroatoms. The average molecular weight is 377 g/mol. The van der Waals surface area contributed by atoms with E-state index in [1.165, 1.54) is 12.1 Å². The second kappa shape index (κ2) is 8.52. The first-order valence-electron chi connectivity index (χ1n) is 8.70. The molecule has 1 aliphatic rings. The molecule has 0 spiro atoms. The van der Waals surface area contributed by atoms with Gasteiger partial charge in [0.25, 0.3) is 0 Å². The van der Waals surface area contributed by atoms with Crippen LogP contribution in [0.2, 0.25) is 5.02 Å². The van der Waals surface area contributed by atoms with Gasteiger partial charge in [-0.05, 0) is 47.7 Å². The van der Waals surface area contributed by atoms with Crippen molar-refractivity contribution in [3.8, 4) is 11.1 Å². The molecule has 138 valence electrons. The first-order valence-corrected chi connectivity index (χ1v) is 9.08. The standard InChI is InChI=1S/C20H22ClFN2O2/c1-23-20(25)26-18-8-10-24(11-9-18)13-16-3-2-15(12-19(16)21)14-4-6-17(22)7-5-14/h2-7,12,18H,8-11,13H2,1H3,(H,23,25). The molecule has 26 heavy (non-hydrogen) atoms. The van der Waals surface area contributed by atoms with Crippen LogP contribution in [0.5, 0.6) is 0 Å². The molecule has 0 saturated carbocycles. The van der Waals surface area contributed by atoms with Gasteiger partial charge in [-0.25, -0.2) is 9.18 Å². The number of nitrogens with zero attached hydrogens (tertiary/aromatic N) is 1. The number of benzene rings is 2. The molecule has 1 amide bonds. The Labute approximate surface area is 157 Å². The maximum absolute atomic E-state index is 13.1. The summed E-state index contributed by atoms with van der Waals surface area (Å²) in [6.07, 6.45) is 1.24. The summed E-state index contributed by atoms with van der Waals surface area (Å²) in [6.45, 7) is 2.48. The molecule has 0 aromatic heterocycles. The van der Waals surface area contributed by atoms with Gasteiger partial charge in [0.05, 0.1) is 0 Å². The number of rotatable bonds is 4. The molecule has 0 aliphatic carbocycles. The maximum atomic E-state index is 13.1. The van der Waals surface area contributed by atoms with Gasteiger partial charge < -0.3 is 10.1 Å². The molecule has 3 rings (SSSR count). The number of alkyl carbamates (subject to hydrolysis) is 1. The van der Waals surface area contributed by atoms with E-state index < -0.39 is 0 Å². The Morgan fingerprint density at radius 1 is 1.19 bits per heavy atom. The summed E-state index contributed by atoms with van der Waals surface area (Å²) in [5, 5.41) is 3.18. The molecule has 2 aromatic carbocycles. The molecule has 4 nitrogen and oxygen atoms in total. The number of nitrogens with one attached hydrogen (secondary N) is 1. The molecule has 0 unspecified atom stereocenters. The maximum Gasteiger partial charge on any atom is 0.407 e. The number of hydrogen-bond donors (Lipinski definition) is 1. The van der Waals surface area contributed by atoms with E-state index in [0.717, 1.165) is 49.2 Å². The van der Waals surface area contributed by atoms with Crippen molar-refractivity contribution in [3.63, 3.8) is 0 Å². The van der Waals surface area contributed by atoms with E-state index in [-0.39, 0.29) is 18.0 Å². The van der Waals surface area contributed by atoms with Crippen LogP contribution >= 0.6 is 11.6 Å². The van der Waals surface area contributed by atoms with E-state index >= 15 is 0 Å². The van der Waals surface area contributed by atoms with Crippen LogP contribution in [0.3, 0.4) is 0 Å². The lowest BCUT2D eigenvalue weighted by Crippen LogP contribution is -2.38. The van der Waals surface area contributed by atoms with E-state index in [4.69, 9.17) is 16.3 Å². The van der Waals surface area contributed by atoms with Crippen molar-refractivity contribution < 1.29 is 13.9 Å². The van der Waals surface area contributed by atoms with E-state index in [2.05, 4.69) is 10.2 Å². The summed E-state index contributed by atoms with van der Waals surface area (Å²) < 4.78 is 18.4. The average Bonchev–Trinajstić information content (AvgIpc) is 2.65. The number of likely N-dealkylation sites (tertiary alicyclic amines) is 1. The number of hydrogen-bond acceptors (Lipinski definition) is 3. The minimum atomic E-state index is -0.372. The van der Waals surface area contributed by atoms with Gasteiger partial charge in [0, 0.05) is 31.7 Å². The third-order valence-electron chi connectivity index (χ3n) is 4.64. The Morgan fingerprint density at radius 2 is 1.85 bits per heavy atom. The summed E-state index contributed by atoms with van der Waals surface area (Å²) in [4.78, 5) is 13.6. The minimum absolute atomic E-state index is 0.0254. The smallest absolute Gasteiger partial charge is 0.407 e. The van der Waals surface area contributed by atoms with Gasteiger partial charge in [-0.1, -0.05) is 35.9 Å². The first-order chi connectivity index (χ1) is 12.5. The Hall–Kier alpha value is -2.11. The Balaban J connectivity index is 1.59. The lowest BCUT2D eigenvalue weighted by atomic mass is 10.0. The van der Waals surface area contributed by atoms with Crippen LogP contribution in [0.4, 0.5) is 9.18 Å². The van der Waals surface area contributed by atoms with Crippen LogP contribution in [0.1, 0.15) is 18.4 Å². The molecule has 0 bridgehead atoms. The highest BCUT2D eigenvalue weighted by molar-refractivity contribution is 6.31. The highest BCUT2D eigenvalue weighted by atomic mass is 35.5. The second-order valence-electron chi connectivity index (χ2n) is 6.44. The zero-order valence-corrected chi connectivity index (χ0v) is 15.4. The van der Waals surface area contributed by atoms with Gasteiger partial charge >= 0.3 is 6.09 Å². The SMILES string of the molecule is CNC(=O)OC1CCN(Cc2ccc(-c3ccc(F)cc3)cc2Cl)CC1. The van der Waals surface area contributed by atoms with E-state index in [9.17, 15) is 9.18 Å². The predicted molar refractivity (Wildman–Crippen MR) is 101 cm³/mol. The number of piperidine rings is 1. The van der Waals surface area contributed by atoms with Crippen molar-refractivity contribution in [3.05, 3.63) is 58.9 Å². The molecular weight excluding hydrogens is 355 g/mol. The number of halogens is 2. The quantitative estimate of drug-likeness (QED) is 0.856. The first kappa shape index (κ1) is 18.7. The second-order valence-corrected chi connectivity index (χ2v) is 6.85. The highest BCUT2D eigenvalue weighted by Gasteiger charge is 2.22. The van der Waals surface area contributed by atoms with E-state index in [1.54, 1.807) is 19.2 Å². The molecule has 2 aromatic rings. The topological polar surface area (TPSA) is 41.6 Å². The van der Waals surface area contributed by atoms with E-state index in [1.807, 2.05) is 18.2 Å². The predicted octanol–water partition coefficient (Wildman–Crippen LogP) is 4.47. The van der Waals surface area contributed by atoms with Crippen LogP contribution in [0.25, 0.3) is 11.1 Å². The molecule has 1 N–H and O–H groups in total. The summed E-state index contributed by atoms with van der Waals surface area (Å²) in [5.41, 5.74) is 2.96. The Bertz CT molecular complexity index is 759. The van der Waals surface area contributed by atoms with Crippen molar-refractivity contribution in [2.75, 3.05) is 20.1 Å². The Kier molecular flexibility index (Phi) is 6.12. The summed E-state index contributed by atoms with van der Waals surface area (Å²) >= 11 is 6.47. The fourth-order valence-corrected chi connectivity index (χ4v) is 3.37. The molecule has 0 atom stereocenters. The monoisotopic (exact) mass is 376 g/mol. The number of amides is 1. The van der Waals surface area contributed by atoms with Crippen LogP contribution in [0.15, 0.2) is 42.5 Å². The molecule has 1 heterocycles. The fraction of sp³-hybridized carbons (Fsp3) is 0.350. The number of carbonyl (C=O) groups is 1. The lowest BCUT2D eigenvalue weighted by molar-refractivity contribution is 0.0498. The van der Waals surface area contributed by atoms with Crippen LogP contribution in [-0.2, 0) is 11.3 Å². The van der Waals surface area contributed by atoms with Crippen molar-refractivity contribution >= 4 is 17.7 Å². The molecular formula is C20H22ClFN2O2. The van der Waals surface area contributed by atoms with Crippen molar-refractivity contribution in [2.24, 2.45) is 0 Å². The van der Waals surface area contributed by atoms with Gasteiger partial charge in [-0.15, -0.1) is 0 Å². The van der Waals surface area contributed by atoms with Crippen LogP contribution < -0.4 is 5.32 Å². The van der Waals surface area contributed by atoms with E-state index in [0.29, 0.717) is 5.02 Å². The van der Waals surface area contributed by atoms with Gasteiger partial charge in [0.15, 0.2) is 0 Å². The van der Waals surface area contributed by atoms with Gasteiger partial charge in [-0.3, -0.25) is 4.90 Å². The Morgan fingerprint density at radius 3 is 2.46 bits per heavy atom. The molecule has 0 radical (unpaired) electrons. The van der Waals surface area contributed by atoms with Crippen molar-refractivity contribution in [1.82, 2.24) is 10.2 Å². The third kappa shape index (κ3) is 4.74. The zero-order valence-electron chi connectivity index (χ0n) is 14.7. The van der Waals surface area contributed by atoms with Gasteiger partial charge in [0.1, 0.15) is 11.9 Å². The summed E-state index contributed by atoms with van der Waals surface area (Å²) in [7, 11) is 1.56. The normalized spacial score (nSPS) is 15.7. The number of ether oxygens (including phenoxy) is 1. The third-order valence-corrected chi connectivity index (χ3v) is 4.99. The molecule has 1 fully saturated rings. The van der Waals surface area contributed by atoms with Crippen molar-refractivity contribution in [2.45, 2.75) is 25.5 Å². The van der Waals surface area contributed by atoms with Gasteiger partial charge in [-0.2, -0.15) is 0 Å². The van der Waals surface area contributed by atoms with Crippen molar-refractivity contribution in [1.29, 1.82) is 0 Å². The van der Waals surface area contributed by atoms with Crippen LogP contribution in [0, 0.1) is 5.82 Å². The van der Waals surface area contributed by atoms with Gasteiger partial charge in [0.2, 0.25) is 0 Å². The zero-order chi connectivity index (χ0) is 18.5. The van der Waals surface area contributed by atoms with Crippen LogP contribution in [-0.4, -0.2) is 37.2 Å². The molecule has 1 aliphatic heterocycles. The molecule has 1 saturated heterocycles. The number of carbonyl (C=O) groups excluding carboxylic acids is 1. The highest BCUT2D eigenvalue weighted by Crippen LogP contribution is 2.27. The largest absolute Gasteiger partial charge is 0.446 e. The minimum Gasteiger partial charge on any atom is -0.446 e. The summed E-state index contributed by atoms with van der Waals surface area (Å²) in [5.74, 6) is -0.250. The lowest BCUT2D eigenvalue weighted by Gasteiger charge is -2.31. The summed E-state index contributed by atoms with van der Waals surface area (Å²) in [6, 6.07) is 12.3.